The predicted molar refractivity (Wildman–Crippen MR) is 128 cm³/mol. The van der Waals surface area contributed by atoms with Gasteiger partial charge in [-0.3, -0.25) is 9.69 Å². The molecule has 28 heavy (non-hydrogen) atoms. The first kappa shape index (κ1) is 19.2. The molecular weight excluding hydrogens is 401 g/mol. The van der Waals surface area contributed by atoms with E-state index in [0.717, 1.165) is 4.63 Å². The zero-order valence-corrected chi connectivity index (χ0v) is 18.0. The van der Waals surface area contributed by atoms with Gasteiger partial charge >= 0.3 is 0 Å². The van der Waals surface area contributed by atoms with E-state index in [1.165, 1.54) is 27.7 Å². The van der Waals surface area contributed by atoms with E-state index in [2.05, 4.69) is 72.8 Å². The SMILES string of the molecule is CCN1C(=O)C(=P(c2ccccc2)(c2ccccc2)c2ccccc2)SC1=S. The molecule has 4 rings (SSSR count). The third-order valence-electron chi connectivity index (χ3n) is 4.88. The summed E-state index contributed by atoms with van der Waals surface area (Å²) in [5.74, 6) is 0.0439. The van der Waals surface area contributed by atoms with Crippen LogP contribution in [0.25, 0.3) is 0 Å². The third kappa shape index (κ3) is 3.06. The van der Waals surface area contributed by atoms with Gasteiger partial charge in [-0.05, 0) is 29.7 Å². The smallest absolute Gasteiger partial charge is 0.267 e. The lowest BCUT2D eigenvalue weighted by Gasteiger charge is -2.30. The van der Waals surface area contributed by atoms with Gasteiger partial charge in [0.1, 0.15) is 4.32 Å². The summed E-state index contributed by atoms with van der Waals surface area (Å²) in [6.45, 7) is 0.219. The highest BCUT2D eigenvalue weighted by molar-refractivity contribution is 8.41. The fourth-order valence-corrected chi connectivity index (χ4v) is 10.6. The number of nitrogens with zero attached hydrogens (tertiary/aromatic N) is 1. The molecule has 0 radical (unpaired) electrons. The second kappa shape index (κ2) is 8.08. The zero-order chi connectivity index (χ0) is 19.6. The van der Waals surface area contributed by atoms with E-state index >= 15 is 0 Å². The van der Waals surface area contributed by atoms with Crippen molar-refractivity contribution in [2.75, 3.05) is 6.54 Å². The van der Waals surface area contributed by atoms with Crippen LogP contribution in [-0.4, -0.2) is 26.3 Å². The predicted octanol–water partition coefficient (Wildman–Crippen LogP) is 3.99. The molecule has 2 nitrogen and oxygen atoms in total. The summed E-state index contributed by atoms with van der Waals surface area (Å²) in [5, 5.41) is 3.51. The highest BCUT2D eigenvalue weighted by Crippen LogP contribution is 2.50. The second-order valence-electron chi connectivity index (χ2n) is 6.40. The van der Waals surface area contributed by atoms with Crippen molar-refractivity contribution >= 4 is 61.6 Å². The van der Waals surface area contributed by atoms with E-state index in [1.807, 2.05) is 25.1 Å². The lowest BCUT2D eigenvalue weighted by atomic mass is 10.4. The van der Waals surface area contributed by atoms with Crippen LogP contribution in [0.4, 0.5) is 0 Å². The summed E-state index contributed by atoms with van der Waals surface area (Å²) in [4.78, 5) is 15.2. The number of thiocarbonyl (C=S) groups is 1. The number of benzene rings is 3. The fraction of sp³-hybridized carbons (Fsp3) is 0.0870. The van der Waals surface area contributed by atoms with Crippen LogP contribution in [0.1, 0.15) is 6.92 Å². The number of hydrogen-bond acceptors (Lipinski definition) is 3. The molecule has 0 aliphatic carbocycles. The molecule has 0 N–H and O–H groups in total. The van der Waals surface area contributed by atoms with Crippen molar-refractivity contribution in [3.63, 3.8) is 0 Å². The quantitative estimate of drug-likeness (QED) is 0.469. The summed E-state index contributed by atoms with van der Waals surface area (Å²) in [6.07, 6.45) is 0. The Morgan fingerprint density at radius 3 is 1.50 bits per heavy atom. The molecule has 3 aromatic rings. The van der Waals surface area contributed by atoms with Gasteiger partial charge in [0, 0.05) is 6.54 Å². The molecule has 1 aliphatic rings. The van der Waals surface area contributed by atoms with Gasteiger partial charge in [-0.15, -0.1) is 0 Å². The van der Waals surface area contributed by atoms with E-state index in [9.17, 15) is 4.79 Å². The van der Waals surface area contributed by atoms with Crippen molar-refractivity contribution in [1.29, 1.82) is 0 Å². The first-order chi connectivity index (χ1) is 13.7. The molecule has 0 spiro atoms. The molecule has 1 saturated heterocycles. The van der Waals surface area contributed by atoms with Gasteiger partial charge in [0.2, 0.25) is 0 Å². The Morgan fingerprint density at radius 1 is 0.786 bits per heavy atom. The van der Waals surface area contributed by atoms with E-state index in [-0.39, 0.29) is 5.91 Å². The van der Waals surface area contributed by atoms with Crippen molar-refractivity contribution in [2.24, 2.45) is 0 Å². The van der Waals surface area contributed by atoms with Crippen molar-refractivity contribution in [3.8, 4) is 0 Å². The highest BCUT2D eigenvalue weighted by Gasteiger charge is 2.40. The average Bonchev–Trinajstić information content (AvgIpc) is 3.04. The molecular formula is C23H20NOPS2. The van der Waals surface area contributed by atoms with Gasteiger partial charge in [0.05, 0.1) is 4.63 Å². The Kier molecular flexibility index (Phi) is 5.54. The van der Waals surface area contributed by atoms with Crippen molar-refractivity contribution in [3.05, 3.63) is 91.0 Å². The Morgan fingerprint density at radius 2 is 1.18 bits per heavy atom. The molecule has 0 aromatic heterocycles. The van der Waals surface area contributed by atoms with Crippen LogP contribution in [-0.2, 0) is 4.79 Å². The maximum Gasteiger partial charge on any atom is 0.267 e. The van der Waals surface area contributed by atoms with Crippen LogP contribution < -0.4 is 15.9 Å². The summed E-state index contributed by atoms with van der Waals surface area (Å²) >= 11 is 7.05. The van der Waals surface area contributed by atoms with Gasteiger partial charge < -0.3 is 0 Å². The normalized spacial score (nSPS) is 14.6. The molecule has 0 atom stereocenters. The standard InChI is InChI=1S/C23H20NOPS2/c1-2-24-21(25)22(28-23(24)27)26(18-12-6-3-7-13-18,19-14-8-4-9-15-19)20-16-10-5-11-17-20/h3-17H,2H2,1H3. The lowest BCUT2D eigenvalue weighted by molar-refractivity contribution is -0.119. The minimum Gasteiger partial charge on any atom is -0.293 e. The molecule has 1 aliphatic heterocycles. The summed E-state index contributed by atoms with van der Waals surface area (Å²) in [5.41, 5.74) is 0. The van der Waals surface area contributed by atoms with Gasteiger partial charge in [0.15, 0.2) is 0 Å². The van der Waals surface area contributed by atoms with Crippen molar-refractivity contribution in [1.82, 2.24) is 4.90 Å². The lowest BCUT2D eigenvalue weighted by Crippen LogP contribution is -2.35. The Bertz CT molecular complexity index is 962. The van der Waals surface area contributed by atoms with E-state index in [0.29, 0.717) is 10.9 Å². The largest absolute Gasteiger partial charge is 0.293 e. The fourth-order valence-electron chi connectivity index (χ4n) is 3.62. The molecule has 140 valence electrons. The third-order valence-corrected chi connectivity index (χ3v) is 11.2. The summed E-state index contributed by atoms with van der Waals surface area (Å²) in [6, 6.07) is 31.2. The number of thioether (sulfide) groups is 1. The zero-order valence-electron chi connectivity index (χ0n) is 15.5. The van der Waals surface area contributed by atoms with Crippen LogP contribution in [0.3, 0.4) is 0 Å². The van der Waals surface area contributed by atoms with Crippen LogP contribution in [0.15, 0.2) is 91.0 Å². The first-order valence-electron chi connectivity index (χ1n) is 9.16. The van der Waals surface area contributed by atoms with Crippen molar-refractivity contribution < 1.29 is 4.79 Å². The maximum atomic E-state index is 13.5. The van der Waals surface area contributed by atoms with E-state index in [4.69, 9.17) is 12.2 Å². The van der Waals surface area contributed by atoms with Gasteiger partial charge in [-0.1, -0.05) is 115 Å². The number of amides is 1. The molecule has 5 heteroatoms. The number of carbonyl (C=O) groups excluding carboxylic acids is 1. The summed E-state index contributed by atoms with van der Waals surface area (Å²) in [7, 11) is 0. The number of carbonyl (C=O) groups is 1. The number of rotatable bonds is 4. The van der Waals surface area contributed by atoms with Crippen LogP contribution in [0.5, 0.6) is 0 Å². The van der Waals surface area contributed by atoms with E-state index < -0.39 is 6.89 Å². The summed E-state index contributed by atoms with van der Waals surface area (Å²) < 4.78 is 1.50. The highest BCUT2D eigenvalue weighted by atomic mass is 32.2. The molecule has 1 amide bonds. The molecule has 1 fully saturated rings. The van der Waals surface area contributed by atoms with Crippen LogP contribution in [0, 0.1) is 0 Å². The molecule has 0 saturated carbocycles. The number of hydrogen-bond donors (Lipinski definition) is 0. The van der Waals surface area contributed by atoms with Crippen LogP contribution in [0.2, 0.25) is 0 Å². The Labute approximate surface area is 175 Å². The molecule has 0 unspecified atom stereocenters. The Hall–Kier alpha value is -2.13. The van der Waals surface area contributed by atoms with E-state index in [1.54, 1.807) is 4.90 Å². The minimum absolute atomic E-state index is 0.0439. The van der Waals surface area contributed by atoms with Crippen LogP contribution >= 0.6 is 30.9 Å². The topological polar surface area (TPSA) is 20.3 Å². The van der Waals surface area contributed by atoms with Gasteiger partial charge in [-0.2, -0.15) is 0 Å². The maximum absolute atomic E-state index is 13.5. The molecule has 0 bridgehead atoms. The van der Waals surface area contributed by atoms with Gasteiger partial charge in [-0.25, -0.2) is 0 Å². The minimum atomic E-state index is -2.34. The second-order valence-corrected chi connectivity index (χ2v) is 11.7. The average molecular weight is 422 g/mol. The van der Waals surface area contributed by atoms with Crippen molar-refractivity contribution in [2.45, 2.75) is 6.92 Å². The monoisotopic (exact) mass is 421 g/mol. The Balaban J connectivity index is 2.20. The first-order valence-corrected chi connectivity index (χ1v) is 12.2. The molecule has 3 aromatic carbocycles. The van der Waals surface area contributed by atoms with Gasteiger partial charge in [0.25, 0.3) is 5.91 Å². The molecule has 1 heterocycles.